The van der Waals surface area contributed by atoms with E-state index in [0.717, 1.165) is 77.0 Å². The van der Waals surface area contributed by atoms with Crippen LogP contribution in [0.25, 0.3) is 0 Å². The maximum absolute atomic E-state index is 12.3. The van der Waals surface area contributed by atoms with E-state index in [1.54, 1.807) is 0 Å². The quantitative estimate of drug-likeness (QED) is 0.0814. The number of unbranched alkanes of at least 4 members (excludes halogenated alkanes) is 6. The van der Waals surface area contributed by atoms with Gasteiger partial charge < -0.3 is 9.84 Å². The minimum Gasteiger partial charge on any atom is -0.481 e. The molecule has 0 aliphatic rings. The number of carbonyl (C=O) groups excluding carboxylic acids is 1. The first-order valence-corrected chi connectivity index (χ1v) is 14.3. The van der Waals surface area contributed by atoms with E-state index in [4.69, 9.17) is 9.84 Å². The fourth-order valence-corrected chi connectivity index (χ4v) is 3.73. The molecule has 0 saturated heterocycles. The number of hydrogen-bond acceptors (Lipinski definition) is 3. The molecule has 1 unspecified atom stereocenters. The zero-order chi connectivity index (χ0) is 26.5. The highest BCUT2D eigenvalue weighted by molar-refractivity contribution is 5.71. The zero-order valence-electron chi connectivity index (χ0n) is 23.0. The topological polar surface area (TPSA) is 63.6 Å². The van der Waals surface area contributed by atoms with Gasteiger partial charge in [-0.05, 0) is 64.2 Å². The standard InChI is InChI=1S/C32H52O4/c1-3-5-7-9-10-11-12-13-14-15-16-17-18-19-25-29-32(35)36-30(26-22-8-6-4-2)27-23-20-21-24-28-31(33)34/h5,7,10-11,13-14,16-17,19,25,30H,3-4,6,8-9,12,15,18,20-24,26-29H2,1-2H3,(H,33,34)/b7-5-,11-10-,14-13-,17-16-,25-19-. The second-order valence-electron chi connectivity index (χ2n) is 9.22. The average molecular weight is 501 g/mol. The van der Waals surface area contributed by atoms with Gasteiger partial charge in [0.05, 0.1) is 6.42 Å². The number of esters is 1. The van der Waals surface area contributed by atoms with Crippen molar-refractivity contribution in [3.8, 4) is 0 Å². The maximum atomic E-state index is 12.3. The van der Waals surface area contributed by atoms with Gasteiger partial charge in [-0.1, -0.05) is 107 Å². The van der Waals surface area contributed by atoms with E-state index in [1.807, 2.05) is 12.2 Å². The fraction of sp³-hybridized carbons (Fsp3) is 0.625. The molecule has 36 heavy (non-hydrogen) atoms. The predicted octanol–water partition coefficient (Wildman–Crippen LogP) is 9.44. The molecule has 0 aliphatic heterocycles. The summed E-state index contributed by atoms with van der Waals surface area (Å²) >= 11 is 0. The van der Waals surface area contributed by atoms with E-state index >= 15 is 0 Å². The molecule has 0 radical (unpaired) electrons. The van der Waals surface area contributed by atoms with E-state index in [9.17, 15) is 9.59 Å². The summed E-state index contributed by atoms with van der Waals surface area (Å²) in [7, 11) is 0. The van der Waals surface area contributed by atoms with Gasteiger partial charge in [0, 0.05) is 6.42 Å². The van der Waals surface area contributed by atoms with Crippen LogP contribution in [-0.2, 0) is 14.3 Å². The van der Waals surface area contributed by atoms with E-state index in [0.29, 0.717) is 6.42 Å². The molecule has 0 rings (SSSR count). The third-order valence-corrected chi connectivity index (χ3v) is 5.79. The number of carboxylic acid groups (broad SMARTS) is 1. The molecule has 0 spiro atoms. The van der Waals surface area contributed by atoms with Gasteiger partial charge in [-0.25, -0.2) is 0 Å². The molecular weight excluding hydrogens is 448 g/mol. The Bertz CT molecular complexity index is 670. The Morgan fingerprint density at radius 3 is 1.61 bits per heavy atom. The molecule has 0 saturated carbocycles. The first-order valence-electron chi connectivity index (χ1n) is 14.3. The number of aliphatic carboxylic acids is 1. The average Bonchev–Trinajstić information content (AvgIpc) is 2.85. The van der Waals surface area contributed by atoms with Crippen molar-refractivity contribution in [2.75, 3.05) is 0 Å². The predicted molar refractivity (Wildman–Crippen MR) is 153 cm³/mol. The van der Waals surface area contributed by atoms with Crippen molar-refractivity contribution < 1.29 is 19.4 Å². The highest BCUT2D eigenvalue weighted by atomic mass is 16.5. The maximum Gasteiger partial charge on any atom is 0.309 e. The molecule has 4 nitrogen and oxygen atoms in total. The highest BCUT2D eigenvalue weighted by Gasteiger charge is 2.13. The van der Waals surface area contributed by atoms with Crippen molar-refractivity contribution in [2.45, 2.75) is 129 Å². The molecule has 0 bridgehead atoms. The third kappa shape index (κ3) is 26.2. The van der Waals surface area contributed by atoms with Crippen molar-refractivity contribution in [3.63, 3.8) is 0 Å². The van der Waals surface area contributed by atoms with E-state index < -0.39 is 5.97 Å². The van der Waals surface area contributed by atoms with Crippen molar-refractivity contribution in [1.82, 2.24) is 0 Å². The second kappa shape index (κ2) is 27.2. The summed E-state index contributed by atoms with van der Waals surface area (Å²) in [5.74, 6) is -0.879. The lowest BCUT2D eigenvalue weighted by Crippen LogP contribution is -2.18. The normalized spacial score (nSPS) is 13.2. The number of allylic oxidation sites excluding steroid dienone is 9. The van der Waals surface area contributed by atoms with Crippen LogP contribution in [0, 0.1) is 0 Å². The molecule has 0 amide bonds. The molecule has 0 aromatic carbocycles. The van der Waals surface area contributed by atoms with Gasteiger partial charge in [0.1, 0.15) is 6.10 Å². The minimum absolute atomic E-state index is 0.0171. The molecular formula is C32H52O4. The Balaban J connectivity index is 4.10. The van der Waals surface area contributed by atoms with Crippen molar-refractivity contribution in [3.05, 3.63) is 60.8 Å². The summed E-state index contributed by atoms with van der Waals surface area (Å²) < 4.78 is 5.77. The van der Waals surface area contributed by atoms with Crippen LogP contribution in [0.4, 0.5) is 0 Å². The summed E-state index contributed by atoms with van der Waals surface area (Å²) in [6.07, 6.45) is 36.8. The molecule has 0 aromatic rings. The third-order valence-electron chi connectivity index (χ3n) is 5.79. The van der Waals surface area contributed by atoms with Gasteiger partial charge in [0.25, 0.3) is 0 Å². The number of hydrogen-bond donors (Lipinski definition) is 1. The highest BCUT2D eigenvalue weighted by Crippen LogP contribution is 2.16. The molecule has 0 aliphatic carbocycles. The summed E-state index contributed by atoms with van der Waals surface area (Å²) in [5.41, 5.74) is 0. The SMILES string of the molecule is CC/C=C\C/C=C\C/C=C\C/C=C\C/C=C\CC(=O)OC(CCCCCC)CCCCCCC(=O)O. The Morgan fingerprint density at radius 1 is 0.639 bits per heavy atom. The van der Waals surface area contributed by atoms with Crippen LogP contribution in [0.1, 0.15) is 123 Å². The summed E-state index contributed by atoms with van der Waals surface area (Å²) in [6, 6.07) is 0. The molecule has 0 aromatic heterocycles. The van der Waals surface area contributed by atoms with Crippen LogP contribution in [0.5, 0.6) is 0 Å². The Kier molecular flexibility index (Phi) is 25.4. The summed E-state index contributed by atoms with van der Waals surface area (Å²) in [4.78, 5) is 22.9. The fourth-order valence-electron chi connectivity index (χ4n) is 3.73. The van der Waals surface area contributed by atoms with Gasteiger partial charge in [-0.15, -0.1) is 0 Å². The lowest BCUT2D eigenvalue weighted by molar-refractivity contribution is -0.148. The van der Waals surface area contributed by atoms with Gasteiger partial charge in [0.15, 0.2) is 0 Å². The lowest BCUT2D eigenvalue weighted by Gasteiger charge is -2.17. The molecule has 4 heteroatoms. The van der Waals surface area contributed by atoms with E-state index in [-0.39, 0.29) is 18.5 Å². The summed E-state index contributed by atoms with van der Waals surface area (Å²) in [5, 5.41) is 8.73. The smallest absolute Gasteiger partial charge is 0.309 e. The number of ether oxygens (including phenoxy) is 1. The van der Waals surface area contributed by atoms with Crippen LogP contribution >= 0.6 is 0 Å². The Morgan fingerprint density at radius 2 is 1.11 bits per heavy atom. The lowest BCUT2D eigenvalue weighted by atomic mass is 10.0. The molecule has 1 N–H and O–H groups in total. The van der Waals surface area contributed by atoms with Gasteiger partial charge in [-0.2, -0.15) is 0 Å². The van der Waals surface area contributed by atoms with Gasteiger partial charge >= 0.3 is 11.9 Å². The van der Waals surface area contributed by atoms with Gasteiger partial charge in [0.2, 0.25) is 0 Å². The molecule has 1 atom stereocenters. The number of carbonyl (C=O) groups is 2. The number of carboxylic acids is 1. The Hall–Kier alpha value is -2.36. The first kappa shape index (κ1) is 33.6. The van der Waals surface area contributed by atoms with Crippen molar-refractivity contribution >= 4 is 11.9 Å². The summed E-state index contributed by atoms with van der Waals surface area (Å²) in [6.45, 7) is 4.34. The first-order chi connectivity index (χ1) is 17.6. The van der Waals surface area contributed by atoms with Crippen LogP contribution in [0.15, 0.2) is 60.8 Å². The molecule has 0 fully saturated rings. The largest absolute Gasteiger partial charge is 0.481 e. The van der Waals surface area contributed by atoms with Crippen molar-refractivity contribution in [2.24, 2.45) is 0 Å². The molecule has 204 valence electrons. The monoisotopic (exact) mass is 500 g/mol. The van der Waals surface area contributed by atoms with Crippen LogP contribution in [0.3, 0.4) is 0 Å². The van der Waals surface area contributed by atoms with Crippen LogP contribution in [0.2, 0.25) is 0 Å². The van der Waals surface area contributed by atoms with Crippen molar-refractivity contribution in [1.29, 1.82) is 0 Å². The van der Waals surface area contributed by atoms with E-state index in [2.05, 4.69) is 62.5 Å². The Labute approximate surface area is 221 Å². The number of rotatable bonds is 24. The zero-order valence-corrected chi connectivity index (χ0v) is 23.0. The minimum atomic E-state index is -0.729. The van der Waals surface area contributed by atoms with Crippen LogP contribution < -0.4 is 0 Å². The molecule has 0 heterocycles. The van der Waals surface area contributed by atoms with Gasteiger partial charge in [-0.3, -0.25) is 9.59 Å². The van der Waals surface area contributed by atoms with Crippen LogP contribution in [-0.4, -0.2) is 23.1 Å². The van der Waals surface area contributed by atoms with E-state index in [1.165, 1.54) is 19.3 Å². The second-order valence-corrected chi connectivity index (χ2v) is 9.22.